The van der Waals surface area contributed by atoms with Crippen LogP contribution in [0.2, 0.25) is 0 Å². The van der Waals surface area contributed by atoms with E-state index in [0.717, 1.165) is 45.5 Å². The fourth-order valence-corrected chi connectivity index (χ4v) is 23.0. The number of fused-ring (bicyclic) bond motifs is 12. The first-order valence-corrected chi connectivity index (χ1v) is 41.4. The van der Waals surface area contributed by atoms with E-state index in [0.29, 0.717) is 0 Å². The Hall–Kier alpha value is -11.5. The third-order valence-electron chi connectivity index (χ3n) is 24.1. The molecule has 0 atom stereocenters. The quantitative estimate of drug-likeness (QED) is 0.133. The van der Waals surface area contributed by atoms with Crippen LogP contribution in [-0.2, 0) is 27.1 Å². The van der Waals surface area contributed by atoms with E-state index in [2.05, 4.69) is 423 Å². The molecule has 0 radical (unpaired) electrons. The molecule has 16 aromatic rings. The van der Waals surface area contributed by atoms with Gasteiger partial charge in [-0.1, -0.05) is 60.7 Å². The van der Waals surface area contributed by atoms with Crippen LogP contribution in [0.1, 0.15) is 124 Å². The summed E-state index contributed by atoms with van der Waals surface area (Å²) in [6.45, 7) is 21.2. The molecule has 0 aliphatic carbocycles. The molecular weight excluding hydrogens is 1410 g/mol. The number of nitrogens with zero attached hydrogens (tertiary/aromatic N) is 3. The van der Waals surface area contributed by atoms with Gasteiger partial charge in [-0.3, -0.25) is 0 Å². The molecule has 1 aromatic heterocycles. The Balaban J connectivity index is 0.945. The predicted octanol–water partition coefficient (Wildman–Crippen LogP) is 23.9. The second-order valence-electron chi connectivity index (χ2n) is 33.5. The zero-order chi connectivity index (χ0) is 74.6. The molecule has 20 rings (SSSR count). The molecule has 0 amide bonds. The van der Waals surface area contributed by atoms with E-state index in [1.165, 1.54) is 135 Å². The SMILES string of the molecule is CC(C)(C)c1cccc(-c2cc(C(C)(C)C)cc(-c3cccc(C(C)(C)C)c3)c2N2c3cc(N4c5ccccc5C(c5ccccc5)(c5ccccc5)c5ccccc54)ccc3B3c4ccc5sc6ccccc6c5c4[Se]c4cc(N5c6ccccc6C(c6ccccc6)(c6ccccc6)c6ccccc65)cc2c43)c1. The predicted molar refractivity (Wildman–Crippen MR) is 470 cm³/mol. The Morgan fingerprint density at radius 3 is 1.18 bits per heavy atom. The summed E-state index contributed by atoms with van der Waals surface area (Å²) in [6, 6.07) is 133. The van der Waals surface area contributed by atoms with Crippen molar-refractivity contribution in [1.29, 1.82) is 0 Å². The third-order valence-corrected chi connectivity index (χ3v) is 27.7. The summed E-state index contributed by atoms with van der Waals surface area (Å²) in [5.41, 5.74) is 31.0. The van der Waals surface area contributed by atoms with Gasteiger partial charge in [0.1, 0.15) is 0 Å². The molecule has 110 heavy (non-hydrogen) atoms. The van der Waals surface area contributed by atoms with Crippen molar-refractivity contribution in [3.05, 3.63) is 407 Å². The van der Waals surface area contributed by atoms with Crippen molar-refractivity contribution < 1.29 is 0 Å². The monoisotopic (exact) mass is 1500 g/mol. The molecule has 0 saturated heterocycles. The maximum atomic E-state index is 2.81. The average Bonchev–Trinajstić information content (AvgIpc) is 0.740. The topological polar surface area (TPSA) is 9.72 Å². The van der Waals surface area contributed by atoms with Crippen molar-refractivity contribution in [1.82, 2.24) is 0 Å². The first kappa shape index (κ1) is 67.8. The maximum absolute atomic E-state index is 2.81. The van der Waals surface area contributed by atoms with E-state index < -0.39 is 10.8 Å². The van der Waals surface area contributed by atoms with Gasteiger partial charge in [-0.25, -0.2) is 0 Å². The number of hydrogen-bond acceptors (Lipinski definition) is 4. The van der Waals surface area contributed by atoms with Gasteiger partial charge in [0.2, 0.25) is 0 Å². The van der Waals surface area contributed by atoms with Gasteiger partial charge < -0.3 is 0 Å². The van der Waals surface area contributed by atoms with Crippen LogP contribution in [0, 0.1) is 0 Å². The van der Waals surface area contributed by atoms with Crippen LogP contribution in [-0.4, -0.2) is 21.7 Å². The van der Waals surface area contributed by atoms with Crippen LogP contribution in [0.5, 0.6) is 0 Å². The van der Waals surface area contributed by atoms with Crippen LogP contribution in [0.3, 0.4) is 0 Å². The summed E-state index contributed by atoms with van der Waals surface area (Å²) in [6.07, 6.45) is 0. The molecule has 0 unspecified atom stereocenters. The summed E-state index contributed by atoms with van der Waals surface area (Å²) in [4.78, 5) is 8.05. The molecule has 0 spiro atoms. The summed E-state index contributed by atoms with van der Waals surface area (Å²) in [5.74, 6) is 0. The van der Waals surface area contributed by atoms with Gasteiger partial charge in [-0.05, 0) is 0 Å². The molecule has 4 aliphatic rings. The van der Waals surface area contributed by atoms with Crippen molar-refractivity contribution in [2.24, 2.45) is 0 Å². The second-order valence-corrected chi connectivity index (χ2v) is 36.8. The number of rotatable bonds is 9. The first-order chi connectivity index (χ1) is 53.5. The van der Waals surface area contributed by atoms with Crippen molar-refractivity contribution in [3.63, 3.8) is 0 Å². The van der Waals surface area contributed by atoms with E-state index in [-0.39, 0.29) is 37.9 Å². The Morgan fingerprint density at radius 1 is 0.309 bits per heavy atom. The van der Waals surface area contributed by atoms with Gasteiger partial charge in [0.15, 0.2) is 0 Å². The van der Waals surface area contributed by atoms with Crippen LogP contribution >= 0.6 is 11.3 Å². The number of para-hydroxylation sites is 4. The first-order valence-electron chi connectivity index (χ1n) is 38.8. The molecule has 3 nitrogen and oxygen atoms in total. The van der Waals surface area contributed by atoms with Gasteiger partial charge in [0.05, 0.1) is 0 Å². The van der Waals surface area contributed by atoms with Gasteiger partial charge in [-0.2, -0.15) is 0 Å². The van der Waals surface area contributed by atoms with E-state index in [1.807, 2.05) is 11.3 Å². The van der Waals surface area contributed by atoms with E-state index in [9.17, 15) is 0 Å². The fraction of sp³-hybridized carbons (Fsp3) is 0.135. The van der Waals surface area contributed by atoms with Gasteiger partial charge in [-0.15, -0.1) is 0 Å². The minimum atomic E-state index is -0.662. The molecular formula is C104H84BN3SSe. The number of anilines is 9. The Bertz CT molecular complexity index is 6100. The molecule has 15 aromatic carbocycles. The molecule has 4 aliphatic heterocycles. The fourth-order valence-electron chi connectivity index (χ4n) is 18.9. The molecule has 530 valence electrons. The summed E-state index contributed by atoms with van der Waals surface area (Å²) in [5, 5.41) is 2.73. The van der Waals surface area contributed by atoms with Gasteiger partial charge in [0.25, 0.3) is 0 Å². The minimum absolute atomic E-state index is 0.136. The van der Waals surface area contributed by atoms with Crippen molar-refractivity contribution in [2.45, 2.75) is 89.4 Å². The van der Waals surface area contributed by atoms with Crippen molar-refractivity contribution in [3.8, 4) is 22.3 Å². The Labute approximate surface area is 658 Å². The van der Waals surface area contributed by atoms with E-state index >= 15 is 0 Å². The zero-order valence-electron chi connectivity index (χ0n) is 63.6. The molecule has 0 bridgehead atoms. The van der Waals surface area contributed by atoms with Gasteiger partial charge in [0, 0.05) is 0 Å². The zero-order valence-corrected chi connectivity index (χ0v) is 66.2. The van der Waals surface area contributed by atoms with Crippen LogP contribution < -0.4 is 40.0 Å². The van der Waals surface area contributed by atoms with Crippen molar-refractivity contribution in [2.75, 3.05) is 14.7 Å². The normalized spacial score (nSPS) is 14.4. The Morgan fingerprint density at radius 2 is 0.718 bits per heavy atom. The molecule has 5 heterocycles. The number of hydrogen-bond donors (Lipinski definition) is 0. The summed E-state index contributed by atoms with van der Waals surface area (Å²) < 4.78 is 5.52. The van der Waals surface area contributed by atoms with Crippen LogP contribution in [0.25, 0.3) is 42.4 Å². The van der Waals surface area contributed by atoms with Crippen LogP contribution in [0.4, 0.5) is 51.2 Å². The second kappa shape index (κ2) is 25.6. The van der Waals surface area contributed by atoms with Gasteiger partial charge >= 0.3 is 602 Å². The van der Waals surface area contributed by atoms with E-state index in [4.69, 9.17) is 0 Å². The molecule has 0 fully saturated rings. The Kier molecular flexibility index (Phi) is 15.8. The molecule has 6 heteroatoms. The average molecular weight is 1500 g/mol. The third kappa shape index (κ3) is 10.4. The molecule has 0 N–H and O–H groups in total. The number of thiophene rings is 1. The number of benzene rings is 15. The van der Waals surface area contributed by atoms with E-state index in [1.54, 1.807) is 0 Å². The molecule has 0 saturated carbocycles. The van der Waals surface area contributed by atoms with Crippen LogP contribution in [0.15, 0.2) is 346 Å². The standard InChI is InChI=1S/C104H84BN3SSe/c1-100(2,3)73-44-32-34-67(60-73)79-62-75(102(7,8)9)63-80(68-35-33-45-74(61-68)101(4,5)6)98(79)108-91-64-76(106-87-51-27-23-47-81(87)103(69-36-14-10-15-37-69,70-38-16-11-17-39-70)82-48-24-28-52-88(82)106)56-57-85(91)105-86-58-59-94-96(78-46-22-31-55-93(78)109-94)99(86)110-95-66-77(65-92(108)97(95)105)107-89-53-29-25-49-83(89)104(71-40-18-12-19-41-71,72-42-20-13-21-43-72)84-50-26-30-54-90(84)107/h10-66H,1-9H3. The summed E-state index contributed by atoms with van der Waals surface area (Å²) in [7, 11) is 0. The summed E-state index contributed by atoms with van der Waals surface area (Å²) >= 11 is 1.75. The van der Waals surface area contributed by atoms with Crippen molar-refractivity contribution >= 4 is 130 Å².